The van der Waals surface area contributed by atoms with Gasteiger partial charge in [0.15, 0.2) is 5.69 Å². The molecule has 0 bridgehead atoms. The summed E-state index contributed by atoms with van der Waals surface area (Å²) in [5, 5.41) is 3.94. The van der Waals surface area contributed by atoms with Gasteiger partial charge in [0, 0.05) is 11.3 Å². The van der Waals surface area contributed by atoms with E-state index in [4.69, 9.17) is 11.6 Å². The van der Waals surface area contributed by atoms with Gasteiger partial charge in [0.05, 0.1) is 27.5 Å². The summed E-state index contributed by atoms with van der Waals surface area (Å²) in [5.74, 6) is -0.944. The normalized spacial score (nSPS) is 15.9. The molecule has 3 aromatic rings. The summed E-state index contributed by atoms with van der Waals surface area (Å²) < 4.78 is 41.7. The summed E-state index contributed by atoms with van der Waals surface area (Å²) in [6, 6.07) is 10.9. The average molecular weight is 446 g/mol. The fraction of sp³-hybridized carbons (Fsp3) is 0.227. The van der Waals surface area contributed by atoms with Gasteiger partial charge in [-0.3, -0.25) is 9.59 Å². The fourth-order valence-electron chi connectivity index (χ4n) is 4.26. The molecule has 0 spiro atoms. The van der Waals surface area contributed by atoms with E-state index in [0.717, 1.165) is 11.3 Å². The van der Waals surface area contributed by atoms with Crippen LogP contribution in [0, 0.1) is 0 Å². The second kappa shape index (κ2) is 6.95. The summed E-state index contributed by atoms with van der Waals surface area (Å²) in [7, 11) is 0. The van der Waals surface area contributed by atoms with E-state index in [1.54, 1.807) is 24.3 Å². The quantitative estimate of drug-likeness (QED) is 0.508. The minimum Gasteiger partial charge on any atom is -0.268 e. The van der Waals surface area contributed by atoms with Crippen molar-refractivity contribution in [3.63, 3.8) is 0 Å². The van der Waals surface area contributed by atoms with Gasteiger partial charge < -0.3 is 0 Å². The van der Waals surface area contributed by atoms with E-state index < -0.39 is 23.7 Å². The highest BCUT2D eigenvalue weighted by atomic mass is 35.5. The zero-order chi connectivity index (χ0) is 21.9. The number of rotatable bonds is 2. The van der Waals surface area contributed by atoms with Crippen LogP contribution in [0.5, 0.6) is 0 Å². The van der Waals surface area contributed by atoms with Crippen LogP contribution in [0.15, 0.2) is 42.5 Å². The number of benzene rings is 2. The molecule has 1 aromatic heterocycles. The molecule has 1 aliphatic carbocycles. The zero-order valence-corrected chi connectivity index (χ0v) is 16.8. The van der Waals surface area contributed by atoms with E-state index >= 15 is 0 Å². The third kappa shape index (κ3) is 3.05. The standard InChI is InChI=1S/C22H15ClF3N3O2/c23-16-11-12(28-20(30)13-5-1-2-6-14(13)21(28)31)9-10-18(16)29-17-8-4-3-7-15(17)19(27-29)22(24,25)26/h1-2,5-6,9-11H,3-4,7-8H2. The number of amides is 2. The molecule has 5 rings (SSSR count). The highest BCUT2D eigenvalue weighted by Crippen LogP contribution is 2.39. The van der Waals surface area contributed by atoms with Gasteiger partial charge in [-0.25, -0.2) is 9.58 Å². The zero-order valence-electron chi connectivity index (χ0n) is 16.0. The Kier molecular flexibility index (Phi) is 4.44. The molecule has 0 unspecified atom stereocenters. The van der Waals surface area contributed by atoms with Crippen molar-refractivity contribution >= 4 is 29.1 Å². The summed E-state index contributed by atoms with van der Waals surface area (Å²) in [4.78, 5) is 26.4. The largest absolute Gasteiger partial charge is 0.435 e. The van der Waals surface area contributed by atoms with Gasteiger partial charge in [-0.15, -0.1) is 0 Å². The minimum absolute atomic E-state index is 0.0960. The lowest BCUT2D eigenvalue weighted by molar-refractivity contribution is -0.142. The van der Waals surface area contributed by atoms with Gasteiger partial charge in [-0.2, -0.15) is 18.3 Å². The molecule has 9 heteroatoms. The number of anilines is 1. The second-order valence-corrected chi connectivity index (χ2v) is 7.92. The third-order valence-corrected chi connectivity index (χ3v) is 5.96. The highest BCUT2D eigenvalue weighted by molar-refractivity contribution is 6.36. The van der Waals surface area contributed by atoms with Gasteiger partial charge in [0.25, 0.3) is 11.8 Å². The average Bonchev–Trinajstić information content (AvgIpc) is 3.25. The first-order valence-corrected chi connectivity index (χ1v) is 10.1. The number of alkyl halides is 3. The van der Waals surface area contributed by atoms with Gasteiger partial charge in [0.1, 0.15) is 0 Å². The van der Waals surface area contributed by atoms with Crippen LogP contribution in [0.3, 0.4) is 0 Å². The summed E-state index contributed by atoms with van der Waals surface area (Å²) in [6.07, 6.45) is -2.34. The Bertz CT molecular complexity index is 1210. The van der Waals surface area contributed by atoms with E-state index in [1.165, 1.54) is 22.9 Å². The predicted molar refractivity (Wildman–Crippen MR) is 108 cm³/mol. The van der Waals surface area contributed by atoms with Crippen LogP contribution in [0.25, 0.3) is 5.69 Å². The van der Waals surface area contributed by atoms with Crippen molar-refractivity contribution < 1.29 is 22.8 Å². The number of imide groups is 1. The summed E-state index contributed by atoms with van der Waals surface area (Å²) in [5.41, 5.74) is 0.927. The monoisotopic (exact) mass is 445 g/mol. The topological polar surface area (TPSA) is 55.2 Å². The Morgan fingerprint density at radius 3 is 2.19 bits per heavy atom. The van der Waals surface area contributed by atoms with Crippen molar-refractivity contribution in [1.29, 1.82) is 0 Å². The summed E-state index contributed by atoms with van der Waals surface area (Å²) >= 11 is 6.42. The molecular weight excluding hydrogens is 431 g/mol. The SMILES string of the molecule is O=C1c2ccccc2C(=O)N1c1ccc(-n2nc(C(F)(F)F)c3c2CCCC3)c(Cl)c1. The lowest BCUT2D eigenvalue weighted by atomic mass is 9.95. The molecule has 0 saturated carbocycles. The molecule has 31 heavy (non-hydrogen) atoms. The number of nitrogens with zero attached hydrogens (tertiary/aromatic N) is 3. The van der Waals surface area contributed by atoms with Crippen molar-refractivity contribution in [2.24, 2.45) is 0 Å². The molecule has 0 radical (unpaired) electrons. The molecule has 158 valence electrons. The number of hydrogen-bond donors (Lipinski definition) is 0. The van der Waals surface area contributed by atoms with Crippen molar-refractivity contribution in [3.8, 4) is 5.69 Å². The number of aromatic nitrogens is 2. The first-order valence-electron chi connectivity index (χ1n) is 9.73. The second-order valence-electron chi connectivity index (χ2n) is 7.52. The maximum Gasteiger partial charge on any atom is 0.435 e. The minimum atomic E-state index is -4.56. The summed E-state index contributed by atoms with van der Waals surface area (Å²) in [6.45, 7) is 0. The van der Waals surface area contributed by atoms with Crippen LogP contribution >= 0.6 is 11.6 Å². The van der Waals surface area contributed by atoms with Crippen LogP contribution in [-0.2, 0) is 19.0 Å². The maximum absolute atomic E-state index is 13.5. The van der Waals surface area contributed by atoms with Crippen molar-refractivity contribution in [1.82, 2.24) is 9.78 Å². The van der Waals surface area contributed by atoms with Gasteiger partial charge in [-0.1, -0.05) is 23.7 Å². The number of hydrogen-bond acceptors (Lipinski definition) is 3. The molecule has 0 saturated heterocycles. The Balaban J connectivity index is 1.57. The Morgan fingerprint density at radius 2 is 1.58 bits per heavy atom. The molecule has 2 aromatic carbocycles. The predicted octanol–water partition coefficient (Wildman–Crippen LogP) is 5.22. The van der Waals surface area contributed by atoms with Crippen LogP contribution in [0.2, 0.25) is 5.02 Å². The molecule has 2 aliphatic rings. The van der Waals surface area contributed by atoms with E-state index in [0.29, 0.717) is 36.1 Å². The van der Waals surface area contributed by atoms with Crippen molar-refractivity contribution in [3.05, 3.63) is 75.6 Å². The highest BCUT2D eigenvalue weighted by Gasteiger charge is 2.40. The van der Waals surface area contributed by atoms with Gasteiger partial charge in [-0.05, 0) is 56.0 Å². The lowest BCUT2D eigenvalue weighted by Crippen LogP contribution is -2.29. The number of carbonyl (C=O) groups is 2. The van der Waals surface area contributed by atoms with E-state index in [-0.39, 0.29) is 22.0 Å². The van der Waals surface area contributed by atoms with Crippen molar-refractivity contribution in [2.75, 3.05) is 4.90 Å². The van der Waals surface area contributed by atoms with Crippen molar-refractivity contribution in [2.45, 2.75) is 31.9 Å². The first kappa shape index (κ1) is 19.8. The molecule has 0 N–H and O–H groups in total. The number of fused-ring (bicyclic) bond motifs is 2. The first-order chi connectivity index (χ1) is 14.8. The molecule has 2 heterocycles. The van der Waals surface area contributed by atoms with Crippen LogP contribution in [-0.4, -0.2) is 21.6 Å². The maximum atomic E-state index is 13.5. The van der Waals surface area contributed by atoms with E-state index in [1.807, 2.05) is 0 Å². The molecule has 2 amide bonds. The fourth-order valence-corrected chi connectivity index (χ4v) is 4.51. The van der Waals surface area contributed by atoms with E-state index in [2.05, 4.69) is 5.10 Å². The number of carbonyl (C=O) groups excluding carboxylic acids is 2. The Morgan fingerprint density at radius 1 is 0.935 bits per heavy atom. The molecule has 1 aliphatic heterocycles. The van der Waals surface area contributed by atoms with Crippen LogP contribution < -0.4 is 4.90 Å². The molecule has 0 fully saturated rings. The van der Waals surface area contributed by atoms with Gasteiger partial charge >= 0.3 is 6.18 Å². The molecule has 0 atom stereocenters. The molecule has 5 nitrogen and oxygen atoms in total. The number of halogens is 4. The third-order valence-electron chi connectivity index (χ3n) is 5.66. The van der Waals surface area contributed by atoms with Crippen LogP contribution in [0.1, 0.15) is 50.5 Å². The Labute approximate surface area is 180 Å². The smallest absolute Gasteiger partial charge is 0.268 e. The van der Waals surface area contributed by atoms with Gasteiger partial charge in [0.2, 0.25) is 0 Å². The lowest BCUT2D eigenvalue weighted by Gasteiger charge is -2.17. The van der Waals surface area contributed by atoms with E-state index in [9.17, 15) is 22.8 Å². The molecular formula is C22H15ClF3N3O2. The van der Waals surface area contributed by atoms with Crippen LogP contribution in [0.4, 0.5) is 18.9 Å². The Hall–Kier alpha value is -3.13.